The Morgan fingerprint density at radius 2 is 2.20 bits per heavy atom. The molecular weight excluding hydrogens is 186 g/mol. The van der Waals surface area contributed by atoms with Crippen LogP contribution in [-0.2, 0) is 0 Å². The van der Waals surface area contributed by atoms with Crippen LogP contribution in [0, 0.1) is 5.41 Å². The molecule has 2 N–H and O–H groups in total. The maximum absolute atomic E-state index is 5.95. The third-order valence-electron chi connectivity index (χ3n) is 3.28. The number of piperidine rings is 1. The van der Waals surface area contributed by atoms with Gasteiger partial charge in [-0.2, -0.15) is 0 Å². The summed E-state index contributed by atoms with van der Waals surface area (Å²) in [5.74, 6) is 0.736. The lowest BCUT2D eigenvalue weighted by Gasteiger charge is -2.41. The fourth-order valence-corrected chi connectivity index (χ4v) is 2.58. The molecule has 15 heavy (non-hydrogen) atoms. The zero-order valence-electron chi connectivity index (χ0n) is 10.4. The molecule has 0 amide bonds. The van der Waals surface area contributed by atoms with Crippen LogP contribution in [0.3, 0.4) is 0 Å². The summed E-state index contributed by atoms with van der Waals surface area (Å²) in [6, 6.07) is 0. The van der Waals surface area contributed by atoms with Crippen molar-refractivity contribution >= 4 is 5.96 Å². The van der Waals surface area contributed by atoms with Gasteiger partial charge in [0.1, 0.15) is 0 Å². The standard InChI is InChI=1S/C12H25N3/c1-4-7-12(3)8-6-9-15(10-12)11(13)14-5-2/h4-10H2,1-3H3,(H2,13,14). The Kier molecular flexibility index (Phi) is 4.43. The average molecular weight is 211 g/mol. The lowest BCUT2D eigenvalue weighted by molar-refractivity contribution is 0.144. The van der Waals surface area contributed by atoms with Crippen LogP contribution in [0.1, 0.15) is 46.5 Å². The van der Waals surface area contributed by atoms with Crippen LogP contribution in [0.5, 0.6) is 0 Å². The van der Waals surface area contributed by atoms with Gasteiger partial charge in [-0.05, 0) is 31.6 Å². The summed E-state index contributed by atoms with van der Waals surface area (Å²) >= 11 is 0. The van der Waals surface area contributed by atoms with Crippen LogP contribution in [0.2, 0.25) is 0 Å². The second kappa shape index (κ2) is 5.38. The highest BCUT2D eigenvalue weighted by molar-refractivity contribution is 5.78. The predicted octanol–water partition coefficient (Wildman–Crippen LogP) is 2.22. The Hall–Kier alpha value is -0.730. The first-order valence-electron chi connectivity index (χ1n) is 6.16. The van der Waals surface area contributed by atoms with Gasteiger partial charge in [0.15, 0.2) is 5.96 Å². The number of nitrogens with two attached hydrogens (primary N) is 1. The van der Waals surface area contributed by atoms with Crippen molar-refractivity contribution in [3.63, 3.8) is 0 Å². The molecule has 1 fully saturated rings. The van der Waals surface area contributed by atoms with E-state index in [1.807, 2.05) is 6.92 Å². The molecule has 0 radical (unpaired) electrons. The predicted molar refractivity (Wildman–Crippen MR) is 66.0 cm³/mol. The second-order valence-electron chi connectivity index (χ2n) is 4.92. The largest absolute Gasteiger partial charge is 0.370 e. The monoisotopic (exact) mass is 211 g/mol. The zero-order chi connectivity index (χ0) is 11.3. The van der Waals surface area contributed by atoms with Crippen molar-refractivity contribution in [2.45, 2.75) is 46.5 Å². The smallest absolute Gasteiger partial charge is 0.191 e. The second-order valence-corrected chi connectivity index (χ2v) is 4.92. The molecule has 3 heteroatoms. The maximum Gasteiger partial charge on any atom is 0.191 e. The molecule has 3 nitrogen and oxygen atoms in total. The van der Waals surface area contributed by atoms with Gasteiger partial charge in [0.2, 0.25) is 0 Å². The van der Waals surface area contributed by atoms with Gasteiger partial charge in [-0.3, -0.25) is 4.99 Å². The van der Waals surface area contributed by atoms with Gasteiger partial charge in [-0.1, -0.05) is 20.3 Å². The third-order valence-corrected chi connectivity index (χ3v) is 3.28. The first kappa shape index (κ1) is 12.3. The van der Waals surface area contributed by atoms with E-state index in [1.165, 1.54) is 25.7 Å². The van der Waals surface area contributed by atoms with Gasteiger partial charge in [0, 0.05) is 19.6 Å². The van der Waals surface area contributed by atoms with E-state index >= 15 is 0 Å². The topological polar surface area (TPSA) is 41.6 Å². The van der Waals surface area contributed by atoms with Crippen molar-refractivity contribution in [3.05, 3.63) is 0 Å². The number of hydrogen-bond donors (Lipinski definition) is 1. The summed E-state index contributed by atoms with van der Waals surface area (Å²) in [7, 11) is 0. The number of nitrogens with zero attached hydrogens (tertiary/aromatic N) is 2. The van der Waals surface area contributed by atoms with Gasteiger partial charge >= 0.3 is 0 Å². The molecule has 88 valence electrons. The average Bonchev–Trinajstić information content (AvgIpc) is 2.18. The minimum Gasteiger partial charge on any atom is -0.370 e. The van der Waals surface area contributed by atoms with Crippen molar-refractivity contribution in [2.75, 3.05) is 19.6 Å². The molecule has 0 spiro atoms. The Morgan fingerprint density at radius 1 is 1.47 bits per heavy atom. The summed E-state index contributed by atoms with van der Waals surface area (Å²) in [4.78, 5) is 6.55. The fourth-order valence-electron chi connectivity index (χ4n) is 2.58. The van der Waals surface area contributed by atoms with Crippen molar-refractivity contribution in [1.29, 1.82) is 0 Å². The fraction of sp³-hybridized carbons (Fsp3) is 0.917. The molecule has 1 aliphatic rings. The Morgan fingerprint density at radius 3 is 2.80 bits per heavy atom. The Balaban J connectivity index is 2.59. The molecule has 0 saturated carbocycles. The van der Waals surface area contributed by atoms with E-state index in [-0.39, 0.29) is 0 Å². The molecule has 0 bridgehead atoms. The van der Waals surface area contributed by atoms with E-state index in [1.54, 1.807) is 0 Å². The van der Waals surface area contributed by atoms with Crippen molar-refractivity contribution in [3.8, 4) is 0 Å². The van der Waals surface area contributed by atoms with Crippen LogP contribution in [0.25, 0.3) is 0 Å². The summed E-state index contributed by atoms with van der Waals surface area (Å²) in [6.07, 6.45) is 5.13. The Labute approximate surface area is 93.7 Å². The first-order chi connectivity index (χ1) is 7.11. The molecular formula is C12H25N3. The number of rotatable bonds is 3. The number of likely N-dealkylation sites (tertiary alicyclic amines) is 1. The highest BCUT2D eigenvalue weighted by atomic mass is 15.3. The van der Waals surface area contributed by atoms with Gasteiger partial charge < -0.3 is 10.6 Å². The van der Waals surface area contributed by atoms with E-state index in [0.717, 1.165) is 25.6 Å². The SMILES string of the molecule is CCCC1(C)CCCN(C(N)=NCC)C1. The van der Waals surface area contributed by atoms with Crippen molar-refractivity contribution < 1.29 is 0 Å². The summed E-state index contributed by atoms with van der Waals surface area (Å²) in [6.45, 7) is 9.61. The molecule has 0 aromatic rings. The number of hydrogen-bond acceptors (Lipinski definition) is 1. The van der Waals surface area contributed by atoms with Gasteiger partial charge in [-0.25, -0.2) is 0 Å². The van der Waals surface area contributed by atoms with Crippen LogP contribution in [0.4, 0.5) is 0 Å². The normalized spacial score (nSPS) is 28.2. The highest BCUT2D eigenvalue weighted by Crippen LogP contribution is 2.33. The molecule has 0 aromatic heterocycles. The van der Waals surface area contributed by atoms with Gasteiger partial charge in [0.25, 0.3) is 0 Å². The summed E-state index contributed by atoms with van der Waals surface area (Å²) in [5.41, 5.74) is 6.40. The van der Waals surface area contributed by atoms with Crippen molar-refractivity contribution in [1.82, 2.24) is 4.90 Å². The number of guanidine groups is 1. The molecule has 1 unspecified atom stereocenters. The molecule has 1 heterocycles. The van der Waals surface area contributed by atoms with Crippen LogP contribution in [-0.4, -0.2) is 30.5 Å². The minimum atomic E-state index is 0.445. The van der Waals surface area contributed by atoms with E-state index in [4.69, 9.17) is 5.73 Å². The van der Waals surface area contributed by atoms with E-state index in [2.05, 4.69) is 23.7 Å². The third kappa shape index (κ3) is 3.40. The van der Waals surface area contributed by atoms with E-state index in [0.29, 0.717) is 5.41 Å². The maximum atomic E-state index is 5.95. The zero-order valence-corrected chi connectivity index (χ0v) is 10.4. The highest BCUT2D eigenvalue weighted by Gasteiger charge is 2.30. The first-order valence-corrected chi connectivity index (χ1v) is 6.16. The molecule has 1 rings (SSSR count). The molecule has 1 atom stereocenters. The number of aliphatic imine (C=N–C) groups is 1. The molecule has 0 aliphatic carbocycles. The van der Waals surface area contributed by atoms with E-state index < -0.39 is 0 Å². The van der Waals surface area contributed by atoms with Crippen LogP contribution in [0.15, 0.2) is 4.99 Å². The quantitative estimate of drug-likeness (QED) is 0.574. The molecule has 0 aromatic carbocycles. The van der Waals surface area contributed by atoms with E-state index in [9.17, 15) is 0 Å². The Bertz CT molecular complexity index is 221. The van der Waals surface area contributed by atoms with Crippen LogP contribution >= 0.6 is 0 Å². The minimum absolute atomic E-state index is 0.445. The summed E-state index contributed by atoms with van der Waals surface area (Å²) in [5, 5.41) is 0. The van der Waals surface area contributed by atoms with Gasteiger partial charge in [-0.15, -0.1) is 0 Å². The van der Waals surface area contributed by atoms with Crippen LogP contribution < -0.4 is 5.73 Å². The lowest BCUT2D eigenvalue weighted by Crippen LogP contribution is -2.48. The summed E-state index contributed by atoms with van der Waals surface area (Å²) < 4.78 is 0. The van der Waals surface area contributed by atoms with Crippen molar-refractivity contribution in [2.24, 2.45) is 16.1 Å². The lowest BCUT2D eigenvalue weighted by atomic mass is 9.78. The molecule has 1 aliphatic heterocycles. The molecule has 1 saturated heterocycles. The van der Waals surface area contributed by atoms with Gasteiger partial charge in [0.05, 0.1) is 0 Å².